The summed E-state index contributed by atoms with van der Waals surface area (Å²) < 4.78 is 1.70. The van der Waals surface area contributed by atoms with Crippen molar-refractivity contribution in [2.45, 2.75) is 6.54 Å². The van der Waals surface area contributed by atoms with Crippen LogP contribution in [-0.2, 0) is 11.3 Å². The highest BCUT2D eigenvalue weighted by atomic mass is 79.9. The second kappa shape index (κ2) is 6.21. The monoisotopic (exact) mass is 376 g/mol. The Morgan fingerprint density at radius 1 is 1.35 bits per heavy atom. The summed E-state index contributed by atoms with van der Waals surface area (Å²) in [6.07, 6.45) is 1.55. The van der Waals surface area contributed by atoms with Gasteiger partial charge < -0.3 is 15.6 Å². The molecule has 23 heavy (non-hydrogen) atoms. The van der Waals surface area contributed by atoms with Gasteiger partial charge in [0.05, 0.1) is 11.7 Å². The summed E-state index contributed by atoms with van der Waals surface area (Å²) in [5, 5.41) is 2.98. The number of hydrogen-bond donors (Lipinski definition) is 3. The number of nitrogens with two attached hydrogens (primary N) is 1. The van der Waals surface area contributed by atoms with Gasteiger partial charge in [-0.1, -0.05) is 28.1 Å². The lowest BCUT2D eigenvalue weighted by Crippen LogP contribution is -2.14. The van der Waals surface area contributed by atoms with E-state index in [4.69, 9.17) is 5.73 Å². The molecule has 3 rings (SSSR count). The van der Waals surface area contributed by atoms with Crippen LogP contribution in [0.5, 0.6) is 0 Å². The van der Waals surface area contributed by atoms with Gasteiger partial charge in [0.1, 0.15) is 0 Å². The van der Waals surface area contributed by atoms with Crippen molar-refractivity contribution in [3.05, 3.63) is 46.5 Å². The summed E-state index contributed by atoms with van der Waals surface area (Å²) in [6, 6.07) is 7.34. The molecule has 0 saturated carbocycles. The number of fused-ring (bicyclic) bond motifs is 1. The van der Waals surface area contributed by atoms with Crippen LogP contribution in [0.4, 0.5) is 11.6 Å². The van der Waals surface area contributed by atoms with Gasteiger partial charge in [-0.15, -0.1) is 0 Å². The van der Waals surface area contributed by atoms with Crippen molar-refractivity contribution >= 4 is 44.6 Å². The lowest BCUT2D eigenvalue weighted by Gasteiger charge is -2.06. The van der Waals surface area contributed by atoms with Crippen LogP contribution in [0.3, 0.4) is 0 Å². The average molecular weight is 377 g/mol. The molecule has 0 fully saturated rings. The minimum absolute atomic E-state index is 0.0413. The summed E-state index contributed by atoms with van der Waals surface area (Å²) in [7, 11) is 0. The maximum atomic E-state index is 12.0. The molecule has 0 saturated heterocycles. The van der Waals surface area contributed by atoms with Crippen molar-refractivity contribution in [2.24, 2.45) is 0 Å². The van der Waals surface area contributed by atoms with Gasteiger partial charge in [-0.05, 0) is 17.7 Å². The van der Waals surface area contributed by atoms with Crippen molar-refractivity contribution in [3.63, 3.8) is 0 Å². The molecule has 4 N–H and O–H groups in total. The van der Waals surface area contributed by atoms with Gasteiger partial charge in [-0.25, -0.2) is 4.98 Å². The lowest BCUT2D eigenvalue weighted by atomic mass is 10.2. The van der Waals surface area contributed by atoms with Crippen molar-refractivity contribution in [3.8, 4) is 0 Å². The normalized spacial score (nSPS) is 10.8. The van der Waals surface area contributed by atoms with Crippen LogP contribution in [0.1, 0.15) is 5.56 Å². The fraction of sp³-hybridized carbons (Fsp3) is 0.143. The summed E-state index contributed by atoms with van der Waals surface area (Å²) in [6.45, 7) is 0.456. The van der Waals surface area contributed by atoms with Gasteiger partial charge >= 0.3 is 0 Å². The molecular formula is C14H13BrN6O2. The fourth-order valence-electron chi connectivity index (χ4n) is 2.21. The third-order valence-corrected chi connectivity index (χ3v) is 3.72. The third-order valence-electron chi connectivity index (χ3n) is 3.21. The summed E-state index contributed by atoms with van der Waals surface area (Å²) in [5.74, 6) is -0.0758. The van der Waals surface area contributed by atoms with E-state index in [1.54, 1.807) is 23.0 Å². The first-order chi connectivity index (χ1) is 11.1. The predicted molar refractivity (Wildman–Crippen MR) is 90.5 cm³/mol. The molecule has 0 aliphatic heterocycles. The summed E-state index contributed by atoms with van der Waals surface area (Å²) in [5.41, 5.74) is 7.52. The Kier molecular flexibility index (Phi) is 4.11. The largest absolute Gasteiger partial charge is 0.369 e. The number of anilines is 2. The number of nitrogens with one attached hydrogen (secondary N) is 2. The Morgan fingerprint density at radius 3 is 2.78 bits per heavy atom. The number of nitrogens with zero attached hydrogens (tertiary/aromatic N) is 3. The van der Waals surface area contributed by atoms with Crippen LogP contribution in [-0.4, -0.2) is 30.8 Å². The van der Waals surface area contributed by atoms with Crippen molar-refractivity contribution in [1.82, 2.24) is 19.5 Å². The molecule has 0 unspecified atom stereocenters. The van der Waals surface area contributed by atoms with Gasteiger partial charge in [-0.3, -0.25) is 14.6 Å². The molecule has 118 valence electrons. The van der Waals surface area contributed by atoms with E-state index in [0.717, 1.165) is 5.56 Å². The molecule has 9 heteroatoms. The highest BCUT2D eigenvalue weighted by Gasteiger charge is 2.10. The van der Waals surface area contributed by atoms with Crippen LogP contribution in [0.2, 0.25) is 0 Å². The van der Waals surface area contributed by atoms with E-state index in [9.17, 15) is 9.59 Å². The highest BCUT2D eigenvalue weighted by molar-refractivity contribution is 9.09. The maximum absolute atomic E-state index is 12.0. The number of aromatic amines is 1. The van der Waals surface area contributed by atoms with Crippen LogP contribution in [0.15, 0.2) is 35.4 Å². The van der Waals surface area contributed by atoms with E-state index in [0.29, 0.717) is 23.4 Å². The predicted octanol–water partition coefficient (Wildman–Crippen LogP) is 1.08. The quantitative estimate of drug-likeness (QED) is 0.588. The minimum Gasteiger partial charge on any atom is -0.369 e. The molecule has 0 aliphatic carbocycles. The van der Waals surface area contributed by atoms with Gasteiger partial charge in [0.2, 0.25) is 11.9 Å². The van der Waals surface area contributed by atoms with Gasteiger partial charge in [0, 0.05) is 12.2 Å². The third kappa shape index (κ3) is 3.24. The molecule has 0 aliphatic rings. The molecule has 0 atom stereocenters. The number of rotatable bonds is 4. The Bertz CT molecular complexity index is 915. The first-order valence-corrected chi connectivity index (χ1v) is 7.84. The van der Waals surface area contributed by atoms with Crippen LogP contribution in [0.25, 0.3) is 11.2 Å². The molecule has 1 amide bonds. The average Bonchev–Trinajstić information content (AvgIpc) is 2.92. The zero-order valence-corrected chi connectivity index (χ0v) is 13.5. The number of benzene rings is 1. The number of alkyl halides is 1. The fourth-order valence-corrected chi connectivity index (χ4v) is 2.35. The zero-order chi connectivity index (χ0) is 16.4. The first kappa shape index (κ1) is 15.2. The minimum atomic E-state index is -0.328. The Hall–Kier alpha value is -2.68. The number of halogens is 1. The van der Waals surface area contributed by atoms with Crippen LogP contribution < -0.4 is 16.6 Å². The second-order valence-electron chi connectivity index (χ2n) is 4.87. The first-order valence-electron chi connectivity index (χ1n) is 6.72. The molecule has 1 aromatic carbocycles. The number of imidazole rings is 1. The number of H-pyrrole nitrogens is 1. The molecule has 0 bridgehead atoms. The standard InChI is InChI=1S/C14H13BrN6O2/c15-5-10(22)18-9-3-1-8(2-4-9)6-21-7-17-12-11(21)13(23)20-14(16)19-12/h1-4,7H,5-6H2,(H,18,22)(H3,16,19,20,23). The highest BCUT2D eigenvalue weighted by Crippen LogP contribution is 2.13. The van der Waals surface area contributed by atoms with E-state index in [1.807, 2.05) is 12.1 Å². The SMILES string of the molecule is Nc1nc2ncn(Cc3ccc(NC(=O)CBr)cc3)c2c(=O)[nH]1. The van der Waals surface area contributed by atoms with Gasteiger partial charge in [0.25, 0.3) is 5.56 Å². The van der Waals surface area contributed by atoms with Crippen molar-refractivity contribution in [1.29, 1.82) is 0 Å². The van der Waals surface area contributed by atoms with E-state index >= 15 is 0 Å². The molecular weight excluding hydrogens is 364 g/mol. The van der Waals surface area contributed by atoms with E-state index in [1.165, 1.54) is 0 Å². The smallest absolute Gasteiger partial charge is 0.278 e. The van der Waals surface area contributed by atoms with Crippen LogP contribution in [0, 0.1) is 0 Å². The number of aromatic nitrogens is 4. The van der Waals surface area contributed by atoms with E-state index in [-0.39, 0.29) is 22.7 Å². The number of carbonyl (C=O) groups excluding carboxylic acids is 1. The summed E-state index contributed by atoms with van der Waals surface area (Å²) >= 11 is 3.09. The molecule has 3 aromatic rings. The Morgan fingerprint density at radius 2 is 2.09 bits per heavy atom. The molecule has 2 aromatic heterocycles. The Labute approximate surface area is 138 Å². The molecule has 0 spiro atoms. The van der Waals surface area contributed by atoms with Crippen molar-refractivity contribution in [2.75, 3.05) is 16.4 Å². The molecule has 2 heterocycles. The van der Waals surface area contributed by atoms with Crippen LogP contribution >= 0.6 is 15.9 Å². The zero-order valence-electron chi connectivity index (χ0n) is 11.9. The Balaban J connectivity index is 1.85. The maximum Gasteiger partial charge on any atom is 0.278 e. The van der Waals surface area contributed by atoms with Crippen molar-refractivity contribution < 1.29 is 4.79 Å². The molecule has 0 radical (unpaired) electrons. The number of carbonyl (C=O) groups is 1. The number of nitrogen functional groups attached to an aromatic ring is 1. The topological polar surface area (TPSA) is 119 Å². The van der Waals surface area contributed by atoms with E-state index in [2.05, 4.69) is 36.2 Å². The molecule has 8 nitrogen and oxygen atoms in total. The lowest BCUT2D eigenvalue weighted by molar-refractivity contribution is -0.113. The summed E-state index contributed by atoms with van der Waals surface area (Å²) in [4.78, 5) is 33.8. The number of amides is 1. The number of hydrogen-bond acceptors (Lipinski definition) is 5. The van der Waals surface area contributed by atoms with Gasteiger partial charge in [0.15, 0.2) is 11.2 Å². The van der Waals surface area contributed by atoms with E-state index < -0.39 is 0 Å². The second-order valence-corrected chi connectivity index (χ2v) is 5.44. The van der Waals surface area contributed by atoms with Gasteiger partial charge in [-0.2, -0.15) is 4.98 Å².